The topological polar surface area (TPSA) is 69.0 Å². The van der Waals surface area contributed by atoms with E-state index in [1.54, 1.807) is 28.8 Å². The number of fused-ring (bicyclic) bond motifs is 1. The quantitative estimate of drug-likeness (QED) is 0.567. The third-order valence-corrected chi connectivity index (χ3v) is 7.44. The van der Waals surface area contributed by atoms with Crippen LogP contribution in [0.15, 0.2) is 59.4 Å². The summed E-state index contributed by atoms with van der Waals surface area (Å²) in [5.74, 6) is -0.999. The zero-order valence-electron chi connectivity index (χ0n) is 20.2. The van der Waals surface area contributed by atoms with E-state index >= 15 is 0 Å². The normalized spacial score (nSPS) is 18.2. The van der Waals surface area contributed by atoms with Crippen molar-refractivity contribution in [2.45, 2.75) is 25.8 Å². The number of carbonyl (C=O) groups is 1. The lowest BCUT2D eigenvalue weighted by Gasteiger charge is -2.37. The highest BCUT2D eigenvalue weighted by molar-refractivity contribution is 6.04. The van der Waals surface area contributed by atoms with Crippen LogP contribution in [0, 0.1) is 0 Å². The maximum absolute atomic E-state index is 13.6. The molecular formula is C28H34N4O3. The van der Waals surface area contributed by atoms with Crippen molar-refractivity contribution in [3.63, 3.8) is 0 Å². The van der Waals surface area contributed by atoms with Crippen LogP contribution in [0.2, 0.25) is 0 Å². The van der Waals surface area contributed by atoms with Crippen molar-refractivity contribution in [3.05, 3.63) is 76.2 Å². The van der Waals surface area contributed by atoms with Crippen LogP contribution in [0.3, 0.4) is 0 Å². The molecule has 0 saturated carbocycles. The van der Waals surface area contributed by atoms with E-state index in [9.17, 15) is 14.7 Å². The van der Waals surface area contributed by atoms with Gasteiger partial charge in [0, 0.05) is 62.3 Å². The van der Waals surface area contributed by atoms with Gasteiger partial charge in [0.25, 0.3) is 5.56 Å². The van der Waals surface area contributed by atoms with Gasteiger partial charge < -0.3 is 10.0 Å². The van der Waals surface area contributed by atoms with Crippen LogP contribution in [0.5, 0.6) is 0 Å². The molecule has 184 valence electrons. The molecule has 35 heavy (non-hydrogen) atoms. The molecule has 0 spiro atoms. The van der Waals surface area contributed by atoms with Gasteiger partial charge in [0.15, 0.2) is 0 Å². The lowest BCUT2D eigenvalue weighted by Crippen LogP contribution is -2.49. The molecular weight excluding hydrogens is 440 g/mol. The number of piperazine rings is 1. The summed E-state index contributed by atoms with van der Waals surface area (Å²) < 4.78 is 1.61. The van der Waals surface area contributed by atoms with Crippen molar-refractivity contribution >= 4 is 16.7 Å². The Labute approximate surface area is 206 Å². The molecule has 3 aromatic rings. The maximum Gasteiger partial charge on any atom is 0.338 e. The number of pyridine rings is 1. The van der Waals surface area contributed by atoms with Crippen LogP contribution in [0.1, 0.15) is 35.3 Å². The number of rotatable bonds is 7. The largest absolute Gasteiger partial charge is 0.478 e. The highest BCUT2D eigenvalue weighted by atomic mass is 16.4. The van der Waals surface area contributed by atoms with E-state index in [0.717, 1.165) is 39.3 Å². The fourth-order valence-electron chi connectivity index (χ4n) is 5.49. The SMILES string of the molecule is O=C(O)c1c(CN2CCN(CCN3CCCCC3)CC2)n(-c2ccccc2)c(=O)c2ccccc12. The minimum absolute atomic E-state index is 0.174. The number of piperidine rings is 1. The average molecular weight is 475 g/mol. The zero-order valence-corrected chi connectivity index (χ0v) is 20.2. The number of nitrogens with zero attached hydrogens (tertiary/aromatic N) is 4. The van der Waals surface area contributed by atoms with Gasteiger partial charge in [0.1, 0.15) is 0 Å². The van der Waals surface area contributed by atoms with Gasteiger partial charge in [0.05, 0.1) is 11.3 Å². The first-order valence-corrected chi connectivity index (χ1v) is 12.7. The lowest BCUT2D eigenvalue weighted by molar-refractivity contribution is 0.0693. The fourth-order valence-corrected chi connectivity index (χ4v) is 5.49. The molecule has 0 amide bonds. The number of benzene rings is 2. The van der Waals surface area contributed by atoms with Crippen molar-refractivity contribution in [2.24, 2.45) is 0 Å². The first-order chi connectivity index (χ1) is 17.1. The summed E-state index contributed by atoms with van der Waals surface area (Å²) in [6.07, 6.45) is 3.99. The van der Waals surface area contributed by atoms with Crippen molar-refractivity contribution < 1.29 is 9.90 Å². The summed E-state index contributed by atoms with van der Waals surface area (Å²) in [6.45, 7) is 8.70. The number of aromatic carboxylic acids is 1. The number of hydrogen-bond acceptors (Lipinski definition) is 5. The van der Waals surface area contributed by atoms with Crippen molar-refractivity contribution in [1.29, 1.82) is 0 Å². The van der Waals surface area contributed by atoms with Crippen molar-refractivity contribution in [1.82, 2.24) is 19.3 Å². The second kappa shape index (κ2) is 10.7. The molecule has 2 fully saturated rings. The molecule has 7 heteroatoms. The molecule has 0 atom stereocenters. The predicted molar refractivity (Wildman–Crippen MR) is 139 cm³/mol. The van der Waals surface area contributed by atoms with Crippen LogP contribution in [0.4, 0.5) is 0 Å². The maximum atomic E-state index is 13.6. The third-order valence-electron chi connectivity index (χ3n) is 7.44. The Morgan fingerprint density at radius 1 is 0.714 bits per heavy atom. The summed E-state index contributed by atoms with van der Waals surface area (Å²) in [5.41, 5.74) is 1.29. The van der Waals surface area contributed by atoms with Gasteiger partial charge in [-0.15, -0.1) is 0 Å². The van der Waals surface area contributed by atoms with E-state index in [-0.39, 0.29) is 11.1 Å². The van der Waals surface area contributed by atoms with Gasteiger partial charge in [-0.1, -0.05) is 42.8 Å². The van der Waals surface area contributed by atoms with Crippen LogP contribution < -0.4 is 5.56 Å². The minimum Gasteiger partial charge on any atom is -0.478 e. The second-order valence-corrected chi connectivity index (χ2v) is 9.67. The van der Waals surface area contributed by atoms with E-state index in [1.807, 2.05) is 30.3 Å². The van der Waals surface area contributed by atoms with Crippen LogP contribution in [0.25, 0.3) is 16.5 Å². The summed E-state index contributed by atoms with van der Waals surface area (Å²) in [7, 11) is 0. The van der Waals surface area contributed by atoms with E-state index < -0.39 is 5.97 Å². The number of hydrogen-bond donors (Lipinski definition) is 1. The highest BCUT2D eigenvalue weighted by Gasteiger charge is 2.26. The Balaban J connectivity index is 1.40. The lowest BCUT2D eigenvalue weighted by atomic mass is 10.0. The molecule has 0 radical (unpaired) electrons. The van der Waals surface area contributed by atoms with Gasteiger partial charge in [-0.3, -0.25) is 19.2 Å². The number of aromatic nitrogens is 1. The zero-order chi connectivity index (χ0) is 24.2. The molecule has 0 aliphatic carbocycles. The van der Waals surface area contributed by atoms with E-state index in [0.29, 0.717) is 28.7 Å². The van der Waals surface area contributed by atoms with Crippen molar-refractivity contribution in [2.75, 3.05) is 52.4 Å². The molecule has 3 heterocycles. The monoisotopic (exact) mass is 474 g/mol. The summed E-state index contributed by atoms with van der Waals surface area (Å²) in [5, 5.41) is 11.2. The summed E-state index contributed by atoms with van der Waals surface area (Å²) >= 11 is 0. The van der Waals surface area contributed by atoms with Gasteiger partial charge in [-0.05, 0) is 44.1 Å². The average Bonchev–Trinajstić information content (AvgIpc) is 2.89. The smallest absolute Gasteiger partial charge is 0.338 e. The summed E-state index contributed by atoms with van der Waals surface area (Å²) in [6, 6.07) is 16.4. The Kier molecular flexibility index (Phi) is 7.27. The van der Waals surface area contributed by atoms with Crippen molar-refractivity contribution in [3.8, 4) is 5.69 Å². The fraction of sp³-hybridized carbons (Fsp3) is 0.429. The minimum atomic E-state index is -0.999. The highest BCUT2D eigenvalue weighted by Crippen LogP contribution is 2.24. The second-order valence-electron chi connectivity index (χ2n) is 9.67. The van der Waals surface area contributed by atoms with E-state index in [1.165, 1.54) is 32.4 Å². The van der Waals surface area contributed by atoms with E-state index in [2.05, 4.69) is 14.7 Å². The van der Waals surface area contributed by atoms with Gasteiger partial charge in [-0.2, -0.15) is 0 Å². The Morgan fingerprint density at radius 2 is 1.29 bits per heavy atom. The number of carboxylic acid groups (broad SMARTS) is 1. The predicted octanol–water partition coefficient (Wildman–Crippen LogP) is 3.29. The van der Waals surface area contributed by atoms with Gasteiger partial charge in [0.2, 0.25) is 0 Å². The summed E-state index contributed by atoms with van der Waals surface area (Å²) in [4.78, 5) is 33.5. The first kappa shape index (κ1) is 23.7. The third kappa shape index (κ3) is 5.17. The van der Waals surface area contributed by atoms with Gasteiger partial charge in [-0.25, -0.2) is 4.79 Å². The molecule has 2 aromatic carbocycles. The number of carboxylic acids is 1. The van der Waals surface area contributed by atoms with Crippen LogP contribution >= 0.6 is 0 Å². The number of para-hydroxylation sites is 1. The Morgan fingerprint density at radius 3 is 1.94 bits per heavy atom. The molecule has 0 bridgehead atoms. The Bertz CT molecular complexity index is 1230. The molecule has 2 aliphatic heterocycles. The van der Waals surface area contributed by atoms with Crippen LogP contribution in [-0.2, 0) is 6.54 Å². The molecule has 2 aliphatic rings. The first-order valence-electron chi connectivity index (χ1n) is 12.7. The molecule has 1 aromatic heterocycles. The molecule has 7 nitrogen and oxygen atoms in total. The Hall–Kier alpha value is -3.00. The standard InChI is InChI=1S/C28H34N4O3/c33-27-24-12-6-5-11-23(24)26(28(34)35)25(32(27)22-9-3-1-4-10-22)21-31-19-17-30(18-20-31)16-15-29-13-7-2-8-14-29/h1,3-6,9-12H,2,7-8,13-21H2,(H,34,35). The number of likely N-dealkylation sites (tertiary alicyclic amines) is 1. The van der Waals surface area contributed by atoms with Gasteiger partial charge >= 0.3 is 5.97 Å². The van der Waals surface area contributed by atoms with E-state index in [4.69, 9.17) is 0 Å². The molecule has 5 rings (SSSR count). The molecule has 1 N–H and O–H groups in total. The van der Waals surface area contributed by atoms with Crippen LogP contribution in [-0.4, -0.2) is 82.7 Å². The molecule has 0 unspecified atom stereocenters. The molecule has 2 saturated heterocycles.